The normalized spacial score (nSPS) is 20.9. The molecule has 6 aliphatic heterocycles. The predicted octanol–water partition coefficient (Wildman–Crippen LogP) is 3.28. The van der Waals surface area contributed by atoms with Gasteiger partial charge < -0.3 is 131 Å². The first-order chi connectivity index (χ1) is 41.0. The standard InChI is InChI=1S/C56H38O31/c57-15-2-1-10(3-16(15)58)48-21(63)4-11-22(83-48)8-17(59)27(35(11)64)32-31-34-30(44(73)47(76)45(31)74)29-33-28(42(71)46(75)43(29)72)26-14(7-20(62)38(67)41(26)70)53(78)84-23-9-82-52(77)12-5-18(60)36(65)39(68)24(12)25-13(6-19(61)37(66)40(25)69)54(79)85-49(23)51(87-56(33)81)50(32)86-55(34)80/h1-3,5-8,21,23,32,48-51,57-76H,4,9H2/t21-,23?,32-,48+,49?,50?,51?/m0/s1. The molecule has 20 N–H and O–H groups in total. The number of fused-ring (bicyclic) bond motifs is 8. The van der Waals surface area contributed by atoms with Gasteiger partial charge in [-0.2, -0.15) is 0 Å². The van der Waals surface area contributed by atoms with Gasteiger partial charge in [0.25, 0.3) is 0 Å². The van der Waals surface area contributed by atoms with Crippen LogP contribution in [0.3, 0.4) is 0 Å². The maximum atomic E-state index is 15.8. The minimum absolute atomic E-state index is 0.0205. The zero-order valence-corrected chi connectivity index (χ0v) is 42.9. The third-order valence-corrected chi connectivity index (χ3v) is 15.5. The lowest BCUT2D eigenvalue weighted by Crippen LogP contribution is -2.56. The highest BCUT2D eigenvalue weighted by Gasteiger charge is 2.57. The lowest BCUT2D eigenvalue weighted by molar-refractivity contribution is -0.135. The van der Waals surface area contributed by atoms with Gasteiger partial charge >= 0.3 is 29.8 Å². The summed E-state index contributed by atoms with van der Waals surface area (Å²) in [5.74, 6) is -40.4. The molecule has 7 aromatic carbocycles. The Morgan fingerprint density at radius 2 is 0.805 bits per heavy atom. The van der Waals surface area contributed by atoms with E-state index in [1.165, 1.54) is 6.07 Å². The number of cyclic esters (lactones) is 1. The Balaban J connectivity index is 1.21. The average Bonchev–Trinajstić information content (AvgIpc) is 1.33. The van der Waals surface area contributed by atoms with Gasteiger partial charge in [-0.05, 0) is 35.9 Å². The van der Waals surface area contributed by atoms with Crippen LogP contribution >= 0.6 is 0 Å². The first-order valence-corrected chi connectivity index (χ1v) is 25.0. The second-order valence-electron chi connectivity index (χ2n) is 20.2. The Morgan fingerprint density at radius 1 is 0.345 bits per heavy atom. The molecular weight excluding hydrogens is 1170 g/mol. The van der Waals surface area contributed by atoms with Gasteiger partial charge in [-0.1, -0.05) is 6.07 Å². The molecule has 31 nitrogen and oxygen atoms in total. The van der Waals surface area contributed by atoms with Crippen LogP contribution in [0.4, 0.5) is 0 Å². The third-order valence-electron chi connectivity index (χ3n) is 15.5. The summed E-state index contributed by atoms with van der Waals surface area (Å²) >= 11 is 0. The van der Waals surface area contributed by atoms with Crippen LogP contribution in [0.25, 0.3) is 33.4 Å². The van der Waals surface area contributed by atoms with Crippen LogP contribution < -0.4 is 4.74 Å². The first kappa shape index (κ1) is 55.4. The van der Waals surface area contributed by atoms with E-state index in [-0.39, 0.29) is 11.6 Å². The molecule has 0 saturated heterocycles. The number of aliphatic hydroxyl groups excluding tert-OH is 1. The summed E-state index contributed by atoms with van der Waals surface area (Å²) in [7, 11) is 0. The van der Waals surface area contributed by atoms with Gasteiger partial charge in [0.2, 0.25) is 28.7 Å². The highest BCUT2D eigenvalue weighted by molar-refractivity contribution is 6.17. The van der Waals surface area contributed by atoms with Crippen molar-refractivity contribution >= 4 is 29.8 Å². The molecule has 7 atom stereocenters. The molecule has 87 heavy (non-hydrogen) atoms. The van der Waals surface area contributed by atoms with Gasteiger partial charge in [-0.3, -0.25) is 0 Å². The fourth-order valence-corrected chi connectivity index (χ4v) is 11.6. The molecule has 0 saturated carbocycles. The monoisotopic (exact) mass is 1210 g/mol. The highest BCUT2D eigenvalue weighted by atomic mass is 16.6. The van der Waals surface area contributed by atoms with Gasteiger partial charge in [0, 0.05) is 62.6 Å². The highest BCUT2D eigenvalue weighted by Crippen LogP contribution is 2.64. The molecule has 0 radical (unpaired) electrons. The molecule has 0 amide bonds. The maximum absolute atomic E-state index is 15.8. The minimum Gasteiger partial charge on any atom is -0.507 e. The lowest BCUT2D eigenvalue weighted by Gasteiger charge is -2.43. The van der Waals surface area contributed by atoms with Crippen molar-refractivity contribution in [3.63, 3.8) is 0 Å². The summed E-state index contributed by atoms with van der Waals surface area (Å²) in [6.07, 6.45) is -15.4. The predicted molar refractivity (Wildman–Crippen MR) is 276 cm³/mol. The van der Waals surface area contributed by atoms with E-state index in [0.29, 0.717) is 12.1 Å². The lowest BCUT2D eigenvalue weighted by atomic mass is 9.73. The number of hydrogen-bond acceptors (Lipinski definition) is 31. The number of rotatable bonds is 2. The zero-order chi connectivity index (χ0) is 62.7. The van der Waals surface area contributed by atoms with Crippen LogP contribution in [-0.2, 0) is 30.1 Å². The molecule has 0 fully saturated rings. The number of aliphatic hydroxyl groups is 1. The molecule has 13 rings (SSSR count). The smallest absolute Gasteiger partial charge is 0.340 e. The Morgan fingerprint density at radius 3 is 1.37 bits per heavy atom. The quantitative estimate of drug-likeness (QED) is 0.0671. The fourth-order valence-electron chi connectivity index (χ4n) is 11.6. The number of ether oxygens (including phenoxy) is 6. The fraction of sp³-hybridized carbons (Fsp3) is 0.161. The number of phenolic OH excluding ortho intramolecular Hbond substituents is 19. The van der Waals surface area contributed by atoms with Crippen LogP contribution in [0, 0.1) is 0 Å². The molecule has 0 spiro atoms. The molecule has 6 aliphatic rings. The molecule has 6 heterocycles. The van der Waals surface area contributed by atoms with Crippen molar-refractivity contribution in [2.24, 2.45) is 0 Å². The van der Waals surface area contributed by atoms with Crippen molar-refractivity contribution in [2.75, 3.05) is 6.61 Å². The second kappa shape index (κ2) is 18.9. The molecule has 4 unspecified atom stereocenters. The van der Waals surface area contributed by atoms with Crippen molar-refractivity contribution in [2.45, 2.75) is 49.0 Å². The van der Waals surface area contributed by atoms with Crippen LogP contribution in [0.1, 0.15) is 86.1 Å². The SMILES string of the molecule is O=C1OCC2OC(=O)c3cc(O)c(O)c(O)c3-c3c(O)c(O)c(O)c4c3C(=O)OC(C2OC(=O)c2cc(O)c(O)c(O)c2-c2c1cc(O)c(O)c2O)C1OC(=O)c2c-4c(O)c(O)c(O)c2[C@@H]1c1c(O)cc2c(c1O)C[C@H](O)[C@@H](c1ccc(O)c(O)c1)O2. The number of esters is 5. The van der Waals surface area contributed by atoms with E-state index in [0.717, 1.165) is 18.2 Å². The zero-order valence-electron chi connectivity index (χ0n) is 42.9. The van der Waals surface area contributed by atoms with E-state index in [4.69, 9.17) is 28.4 Å². The van der Waals surface area contributed by atoms with Crippen LogP contribution in [-0.4, -0.2) is 169 Å². The van der Waals surface area contributed by atoms with Gasteiger partial charge in [-0.25, -0.2) is 24.0 Å². The number of benzene rings is 7. The Labute approximate surface area is 479 Å². The van der Waals surface area contributed by atoms with Crippen LogP contribution in [0.15, 0.2) is 42.5 Å². The largest absolute Gasteiger partial charge is 0.507 e. The number of hydrogen-bond donors (Lipinski definition) is 20. The molecule has 31 heteroatoms. The topological polar surface area (TPSA) is 545 Å². The van der Waals surface area contributed by atoms with Crippen LogP contribution in [0.5, 0.6) is 115 Å². The number of phenols is 19. The Hall–Kier alpha value is -12.2. The maximum Gasteiger partial charge on any atom is 0.340 e. The number of carbonyl (C=O) groups excluding carboxylic acids is 5. The van der Waals surface area contributed by atoms with Gasteiger partial charge in [0.15, 0.2) is 93.4 Å². The molecule has 6 bridgehead atoms. The number of aromatic hydroxyl groups is 19. The second-order valence-corrected chi connectivity index (χ2v) is 20.2. The van der Waals surface area contributed by atoms with Crippen molar-refractivity contribution in [1.82, 2.24) is 0 Å². The van der Waals surface area contributed by atoms with Crippen molar-refractivity contribution < 1.29 is 155 Å². The van der Waals surface area contributed by atoms with Crippen LogP contribution in [0.2, 0.25) is 0 Å². The third kappa shape index (κ3) is 7.75. The molecule has 448 valence electrons. The summed E-state index contributed by atoms with van der Waals surface area (Å²) in [6, 6.07) is 5.01. The molecule has 7 aromatic rings. The Bertz CT molecular complexity index is 4350. The number of carbonyl (C=O) groups is 5. The summed E-state index contributed by atoms with van der Waals surface area (Å²) in [5.41, 5.74) is -17.4. The summed E-state index contributed by atoms with van der Waals surface area (Å²) < 4.78 is 35.3. The van der Waals surface area contributed by atoms with Crippen molar-refractivity contribution in [3.8, 4) is 148 Å². The average molecular weight is 1210 g/mol. The first-order valence-electron chi connectivity index (χ1n) is 25.0. The van der Waals surface area contributed by atoms with Gasteiger partial charge in [0.1, 0.15) is 30.0 Å². The van der Waals surface area contributed by atoms with Gasteiger partial charge in [-0.15, -0.1) is 0 Å². The van der Waals surface area contributed by atoms with E-state index in [1.54, 1.807) is 0 Å². The van der Waals surface area contributed by atoms with E-state index in [9.17, 15) is 107 Å². The van der Waals surface area contributed by atoms with Gasteiger partial charge in [0.05, 0.1) is 39.8 Å². The van der Waals surface area contributed by atoms with E-state index >= 15 is 19.2 Å². The summed E-state index contributed by atoms with van der Waals surface area (Å²) in [4.78, 5) is 75.8. The molecule has 0 aliphatic carbocycles. The van der Waals surface area contributed by atoms with E-state index in [2.05, 4.69) is 0 Å². The molecule has 0 aromatic heterocycles. The minimum atomic E-state index is -3.01. The Kier molecular flexibility index (Phi) is 12.1. The van der Waals surface area contributed by atoms with Crippen molar-refractivity contribution in [3.05, 3.63) is 92.5 Å². The van der Waals surface area contributed by atoms with Crippen molar-refractivity contribution in [1.29, 1.82) is 0 Å². The van der Waals surface area contributed by atoms with E-state index < -0.39 is 278 Å². The summed E-state index contributed by atoms with van der Waals surface area (Å²) in [5, 5.41) is 228. The molecular formula is C56H38O31. The van der Waals surface area contributed by atoms with E-state index in [1.807, 2.05) is 0 Å². The summed E-state index contributed by atoms with van der Waals surface area (Å²) in [6.45, 7) is -1.63.